The molecule has 1 aromatic carbocycles. The number of hydrogen-bond donors (Lipinski definition) is 2. The van der Waals surface area contributed by atoms with Crippen molar-refractivity contribution in [3.63, 3.8) is 0 Å². The molecular formula is C24H34N2O5S. The first-order valence-corrected chi connectivity index (χ1v) is 12.1. The number of carbonyl (C=O) groups is 1. The van der Waals surface area contributed by atoms with Crippen LogP contribution in [0.4, 0.5) is 0 Å². The van der Waals surface area contributed by atoms with E-state index in [1.54, 1.807) is 0 Å². The predicted molar refractivity (Wildman–Crippen MR) is 128 cm³/mol. The Morgan fingerprint density at radius 2 is 2.03 bits per heavy atom. The van der Waals surface area contributed by atoms with Gasteiger partial charge in [0.2, 0.25) is 15.9 Å². The molecule has 3 unspecified atom stereocenters. The summed E-state index contributed by atoms with van der Waals surface area (Å²) in [6, 6.07) is 7.47. The van der Waals surface area contributed by atoms with E-state index in [9.17, 15) is 18.3 Å². The summed E-state index contributed by atoms with van der Waals surface area (Å²) in [6.07, 6.45) is 11.8. The number of rotatable bonds is 12. The van der Waals surface area contributed by atoms with Crippen LogP contribution in [-0.4, -0.2) is 54.7 Å². The molecule has 0 spiro atoms. The molecule has 0 fully saturated rings. The highest BCUT2D eigenvalue weighted by Crippen LogP contribution is 2.34. The van der Waals surface area contributed by atoms with Gasteiger partial charge in [-0.2, -0.15) is 0 Å². The van der Waals surface area contributed by atoms with Crippen LogP contribution in [0.2, 0.25) is 0 Å². The van der Waals surface area contributed by atoms with Crippen molar-refractivity contribution < 1.29 is 23.1 Å². The average Bonchev–Trinajstić information content (AvgIpc) is 2.79. The third-order valence-electron chi connectivity index (χ3n) is 5.10. The van der Waals surface area contributed by atoms with E-state index in [-0.39, 0.29) is 19.1 Å². The van der Waals surface area contributed by atoms with E-state index in [0.717, 1.165) is 9.87 Å². The van der Waals surface area contributed by atoms with Gasteiger partial charge in [0.15, 0.2) is 0 Å². The Bertz CT molecular complexity index is 881. The van der Waals surface area contributed by atoms with Crippen molar-refractivity contribution in [3.05, 3.63) is 55.1 Å². The number of fused-ring (bicyclic) bond motifs is 1. The summed E-state index contributed by atoms with van der Waals surface area (Å²) in [5.41, 5.74) is 0.813. The van der Waals surface area contributed by atoms with Crippen LogP contribution in [0, 0.1) is 12.8 Å². The van der Waals surface area contributed by atoms with Crippen LogP contribution in [0.5, 0.6) is 5.75 Å². The fraction of sp³-hybridized carbons (Fsp3) is 0.458. The number of carbonyl (C=O) groups excluding carboxylic acids is 1. The molecule has 0 saturated carbocycles. The van der Waals surface area contributed by atoms with Gasteiger partial charge >= 0.3 is 0 Å². The number of nitrogens with one attached hydrogen (secondary N) is 1. The summed E-state index contributed by atoms with van der Waals surface area (Å²) in [7, 11) is -3.77. The van der Waals surface area contributed by atoms with Gasteiger partial charge in [-0.3, -0.25) is 4.79 Å². The smallest absolute Gasteiger partial charge is 0.243 e. The third-order valence-corrected chi connectivity index (χ3v) is 7.23. The second kappa shape index (κ2) is 13.7. The highest BCUT2D eigenvalue weighted by Gasteiger charge is 2.30. The van der Waals surface area contributed by atoms with Crippen LogP contribution in [0.1, 0.15) is 44.3 Å². The van der Waals surface area contributed by atoms with Crippen LogP contribution >= 0.6 is 0 Å². The Hall–Kier alpha value is -2.60. The predicted octanol–water partition coefficient (Wildman–Crippen LogP) is 2.80. The van der Waals surface area contributed by atoms with E-state index in [4.69, 9.17) is 4.74 Å². The van der Waals surface area contributed by atoms with Gasteiger partial charge in [0.1, 0.15) is 11.9 Å². The van der Waals surface area contributed by atoms with Crippen molar-refractivity contribution in [2.24, 2.45) is 0 Å². The number of terminal acetylenes is 1. The second-order valence-electron chi connectivity index (χ2n) is 7.38. The number of ether oxygens (including phenoxy) is 1. The summed E-state index contributed by atoms with van der Waals surface area (Å²) in [5.74, 6) is 0.232. The fourth-order valence-corrected chi connectivity index (χ4v) is 4.69. The third kappa shape index (κ3) is 7.52. The van der Waals surface area contributed by atoms with Crippen molar-refractivity contribution in [1.29, 1.82) is 0 Å². The summed E-state index contributed by atoms with van der Waals surface area (Å²) < 4.78 is 32.0. The Balaban J connectivity index is 0.00000249. The molecule has 0 radical (unpaired) electrons. The topological polar surface area (TPSA) is 95.9 Å². The molecule has 1 heterocycles. The average molecular weight is 463 g/mol. The lowest BCUT2D eigenvalue weighted by molar-refractivity contribution is -0.125. The van der Waals surface area contributed by atoms with Gasteiger partial charge in [0, 0.05) is 31.5 Å². The fourth-order valence-electron chi connectivity index (χ4n) is 3.30. The summed E-state index contributed by atoms with van der Waals surface area (Å²) in [4.78, 5) is 12.3. The van der Waals surface area contributed by atoms with Crippen molar-refractivity contribution in [3.8, 4) is 18.6 Å². The molecule has 7 nitrogen and oxygen atoms in total. The lowest BCUT2D eigenvalue weighted by Crippen LogP contribution is -2.42. The lowest BCUT2D eigenvalue weighted by atomic mass is 9.99. The van der Waals surface area contributed by atoms with Crippen LogP contribution in [-0.2, 0) is 14.8 Å². The van der Waals surface area contributed by atoms with Gasteiger partial charge in [0.05, 0.1) is 11.4 Å². The molecule has 3 atom stereocenters. The monoisotopic (exact) mass is 462 g/mol. The normalized spacial score (nSPS) is 18.1. The molecule has 1 aliphatic rings. The molecule has 2 rings (SSSR count). The number of benzene rings is 1. The second-order valence-corrected chi connectivity index (χ2v) is 9.60. The van der Waals surface area contributed by atoms with Crippen molar-refractivity contribution in [1.82, 2.24) is 9.62 Å². The maximum absolute atomic E-state index is 12.6. The Kier molecular flexibility index (Phi) is 11.8. The Morgan fingerprint density at radius 1 is 1.34 bits per heavy atom. The number of aliphatic hydroxyl groups excluding tert-OH is 1. The molecule has 1 amide bonds. The van der Waals surface area contributed by atoms with Crippen molar-refractivity contribution in [2.45, 2.75) is 50.1 Å². The first-order chi connectivity index (χ1) is 15.3. The molecule has 1 aliphatic heterocycles. The minimum absolute atomic E-state index is 0.0236. The van der Waals surface area contributed by atoms with Gasteiger partial charge < -0.3 is 15.2 Å². The number of sulfonamides is 1. The molecule has 0 bridgehead atoms. The largest absolute Gasteiger partial charge is 0.489 e. The molecular weight excluding hydrogens is 428 g/mol. The molecule has 32 heavy (non-hydrogen) atoms. The molecule has 8 heteroatoms. The molecule has 2 N–H and O–H groups in total. The summed E-state index contributed by atoms with van der Waals surface area (Å²) in [6.45, 7) is 9.90. The van der Waals surface area contributed by atoms with Crippen LogP contribution in [0.3, 0.4) is 0 Å². The number of aliphatic hydroxyl groups is 1. The highest BCUT2D eigenvalue weighted by atomic mass is 32.2. The van der Waals surface area contributed by atoms with E-state index < -0.39 is 27.3 Å². The maximum atomic E-state index is 12.6. The van der Waals surface area contributed by atoms with Crippen LogP contribution in [0.25, 0.3) is 0 Å². The molecule has 0 aromatic heterocycles. The minimum atomic E-state index is -3.77. The number of nitrogens with zero attached hydrogens (tertiary/aromatic N) is 1. The van der Waals surface area contributed by atoms with Gasteiger partial charge in [-0.1, -0.05) is 30.4 Å². The van der Waals surface area contributed by atoms with Gasteiger partial charge in [-0.15, -0.1) is 26.0 Å². The molecule has 1 aromatic rings. The summed E-state index contributed by atoms with van der Waals surface area (Å²) >= 11 is 0. The zero-order valence-electron chi connectivity index (χ0n) is 18.7. The van der Waals surface area contributed by atoms with E-state index in [2.05, 4.69) is 31.3 Å². The lowest BCUT2D eigenvalue weighted by Gasteiger charge is -2.29. The summed E-state index contributed by atoms with van der Waals surface area (Å²) in [5, 5.41) is 12.7. The van der Waals surface area contributed by atoms with Gasteiger partial charge in [0.25, 0.3) is 0 Å². The van der Waals surface area contributed by atoms with E-state index >= 15 is 0 Å². The quantitative estimate of drug-likeness (QED) is 0.282. The highest BCUT2D eigenvalue weighted by molar-refractivity contribution is 7.90. The number of para-hydroxylation sites is 1. The molecule has 0 saturated heterocycles. The standard InChI is InChI=1S/C22H32N2O5S.C2H2/c1-4-10-22(26)24(30(27,28)17(3)5-2)14-9-8-13-23-16-18-15-20(25)19-11-6-7-12-21(19)29-18;1-2/h4-7,11-12,17-18,20,23,25H,1-2,8-10,13-16H2,3H3;1-2H. The first-order valence-electron chi connectivity index (χ1n) is 10.6. The first kappa shape index (κ1) is 27.4. The van der Waals surface area contributed by atoms with Crippen molar-refractivity contribution in [2.75, 3.05) is 19.6 Å². The Morgan fingerprint density at radius 3 is 2.69 bits per heavy atom. The van der Waals surface area contributed by atoms with E-state index in [1.165, 1.54) is 19.1 Å². The zero-order chi connectivity index (χ0) is 24.1. The maximum Gasteiger partial charge on any atom is 0.243 e. The SMILES string of the molecule is C#C.C=CCC(=O)N(CCCCNCC1CC(O)c2ccccc2O1)S(=O)(=O)C(C)C=C. The van der Waals surface area contributed by atoms with Crippen LogP contribution < -0.4 is 10.1 Å². The van der Waals surface area contributed by atoms with Gasteiger partial charge in [-0.25, -0.2) is 12.7 Å². The molecule has 0 aliphatic carbocycles. The van der Waals surface area contributed by atoms with E-state index in [1.807, 2.05) is 24.3 Å². The number of amides is 1. The van der Waals surface area contributed by atoms with Gasteiger partial charge in [-0.05, 0) is 32.4 Å². The van der Waals surface area contributed by atoms with E-state index in [0.29, 0.717) is 38.1 Å². The minimum Gasteiger partial charge on any atom is -0.489 e. The van der Waals surface area contributed by atoms with Crippen molar-refractivity contribution >= 4 is 15.9 Å². The zero-order valence-corrected chi connectivity index (χ0v) is 19.5. The number of hydrogen-bond acceptors (Lipinski definition) is 6. The Labute approximate surface area is 192 Å². The number of unbranched alkanes of at least 4 members (excludes halogenated alkanes) is 1. The van der Waals surface area contributed by atoms with Crippen LogP contribution in [0.15, 0.2) is 49.6 Å². The molecule has 176 valence electrons.